The highest BCUT2D eigenvalue weighted by Gasteiger charge is 2.23. The van der Waals surface area contributed by atoms with Crippen molar-refractivity contribution in [3.8, 4) is 50.2 Å². The maximum absolute atomic E-state index is 6.67. The van der Waals surface area contributed by atoms with Gasteiger partial charge in [0.25, 0.3) is 0 Å². The summed E-state index contributed by atoms with van der Waals surface area (Å²) < 4.78 is 9.07. The third-order valence-corrected chi connectivity index (χ3v) is 12.4. The van der Waals surface area contributed by atoms with Gasteiger partial charge in [-0.2, -0.15) is 0 Å². The standard InChI is InChI=1S/C60H40N2O/c1-5-18-41(19-6-1)44-32-35-48(42-20-7-2-8-21-42)57(38-44)61(47-34-37-51-50-26-13-15-30-56(50)62(58(51)40-47)45-24-11-4-12-25-45)46-33-36-49(55(39-46)43-22-9-3-10-23-43)53-28-17-29-54-52-27-14-16-31-59(52)63-60(53)54/h1-40H. The smallest absolute Gasteiger partial charge is 0.143 e. The van der Waals surface area contributed by atoms with Gasteiger partial charge in [-0.3, -0.25) is 0 Å². The number of benzene rings is 10. The molecule has 0 unspecified atom stereocenters. The number of anilines is 3. The van der Waals surface area contributed by atoms with Crippen LogP contribution >= 0.6 is 0 Å². The molecule has 0 fully saturated rings. The van der Waals surface area contributed by atoms with Crippen molar-refractivity contribution in [1.29, 1.82) is 0 Å². The van der Waals surface area contributed by atoms with E-state index in [-0.39, 0.29) is 0 Å². The fourth-order valence-corrected chi connectivity index (χ4v) is 9.49. The van der Waals surface area contributed by atoms with Crippen molar-refractivity contribution in [2.45, 2.75) is 0 Å². The van der Waals surface area contributed by atoms with E-state index in [2.05, 4.69) is 246 Å². The van der Waals surface area contributed by atoms with E-state index in [0.717, 1.165) is 94.7 Å². The molecule has 0 spiro atoms. The van der Waals surface area contributed by atoms with Gasteiger partial charge < -0.3 is 13.9 Å². The van der Waals surface area contributed by atoms with Crippen LogP contribution in [-0.2, 0) is 0 Å². The lowest BCUT2D eigenvalue weighted by molar-refractivity contribution is 0.670. The van der Waals surface area contributed by atoms with Gasteiger partial charge in [0.05, 0.1) is 16.7 Å². The Labute approximate surface area is 366 Å². The Morgan fingerprint density at radius 1 is 0.317 bits per heavy atom. The predicted octanol–water partition coefficient (Wildman–Crippen LogP) is 16.8. The van der Waals surface area contributed by atoms with Crippen molar-refractivity contribution < 1.29 is 4.42 Å². The summed E-state index contributed by atoms with van der Waals surface area (Å²) in [4.78, 5) is 2.46. The number of rotatable bonds is 8. The van der Waals surface area contributed by atoms with Gasteiger partial charge in [0.15, 0.2) is 0 Å². The van der Waals surface area contributed by atoms with E-state index in [1.807, 2.05) is 6.07 Å². The van der Waals surface area contributed by atoms with E-state index in [4.69, 9.17) is 4.42 Å². The summed E-state index contributed by atoms with van der Waals surface area (Å²) in [6, 6.07) is 87.3. The van der Waals surface area contributed by atoms with E-state index in [9.17, 15) is 0 Å². The van der Waals surface area contributed by atoms with Crippen molar-refractivity contribution >= 4 is 60.8 Å². The Morgan fingerprint density at radius 2 is 0.889 bits per heavy atom. The Bertz CT molecular complexity index is 3610. The second-order valence-electron chi connectivity index (χ2n) is 16.1. The molecule has 2 heterocycles. The van der Waals surface area contributed by atoms with Crippen LogP contribution in [0.3, 0.4) is 0 Å². The number of aromatic nitrogens is 1. The Morgan fingerprint density at radius 3 is 1.65 bits per heavy atom. The van der Waals surface area contributed by atoms with Crippen LogP contribution in [0.2, 0.25) is 0 Å². The first-order chi connectivity index (χ1) is 31.3. The fourth-order valence-electron chi connectivity index (χ4n) is 9.49. The first kappa shape index (κ1) is 36.5. The third-order valence-electron chi connectivity index (χ3n) is 12.4. The van der Waals surface area contributed by atoms with Crippen LogP contribution in [0.4, 0.5) is 17.1 Å². The molecule has 12 rings (SSSR count). The van der Waals surface area contributed by atoms with Gasteiger partial charge in [-0.1, -0.05) is 188 Å². The van der Waals surface area contributed by atoms with E-state index in [1.54, 1.807) is 0 Å². The molecular weight excluding hydrogens is 765 g/mol. The van der Waals surface area contributed by atoms with Gasteiger partial charge in [-0.05, 0) is 88.0 Å². The van der Waals surface area contributed by atoms with E-state index >= 15 is 0 Å². The van der Waals surface area contributed by atoms with Crippen molar-refractivity contribution in [2.24, 2.45) is 0 Å². The topological polar surface area (TPSA) is 21.3 Å². The molecule has 0 radical (unpaired) electrons. The van der Waals surface area contributed by atoms with Crippen LogP contribution in [0.25, 0.3) is 93.9 Å². The minimum atomic E-state index is 0.888. The number of fused-ring (bicyclic) bond motifs is 6. The lowest BCUT2D eigenvalue weighted by atomic mass is 9.92. The summed E-state index contributed by atoms with van der Waals surface area (Å²) >= 11 is 0. The summed E-state index contributed by atoms with van der Waals surface area (Å²) in [5.74, 6) is 0. The molecule has 0 N–H and O–H groups in total. The maximum Gasteiger partial charge on any atom is 0.143 e. The molecule has 63 heavy (non-hydrogen) atoms. The maximum atomic E-state index is 6.67. The molecule has 0 amide bonds. The Hall–Kier alpha value is -8.40. The zero-order chi connectivity index (χ0) is 41.7. The molecule has 3 heteroatoms. The number of para-hydroxylation sites is 4. The SMILES string of the molecule is c1ccc(-c2ccc(-c3ccccc3)c(N(c3ccc(-c4cccc5c4oc4ccccc45)c(-c4ccccc4)c3)c3ccc4c5ccccc5n(-c5ccccc5)c4c3)c2)cc1. The zero-order valence-electron chi connectivity index (χ0n) is 34.4. The minimum Gasteiger partial charge on any atom is -0.455 e. The number of nitrogens with zero attached hydrogens (tertiary/aromatic N) is 2. The molecule has 10 aromatic carbocycles. The van der Waals surface area contributed by atoms with Crippen LogP contribution in [0.15, 0.2) is 247 Å². The summed E-state index contributed by atoms with van der Waals surface area (Å²) in [5, 5.41) is 4.66. The predicted molar refractivity (Wildman–Crippen MR) is 264 cm³/mol. The molecule has 0 aliphatic heterocycles. The van der Waals surface area contributed by atoms with Gasteiger partial charge in [0.2, 0.25) is 0 Å². The molecule has 2 aromatic heterocycles. The quantitative estimate of drug-likeness (QED) is 0.153. The highest BCUT2D eigenvalue weighted by atomic mass is 16.3. The molecule has 0 bridgehead atoms. The molecule has 12 aromatic rings. The van der Waals surface area contributed by atoms with Gasteiger partial charge >= 0.3 is 0 Å². The Kier molecular flexibility index (Phi) is 8.83. The van der Waals surface area contributed by atoms with Crippen molar-refractivity contribution in [1.82, 2.24) is 4.57 Å². The minimum absolute atomic E-state index is 0.888. The number of hydrogen-bond acceptors (Lipinski definition) is 2. The molecular formula is C60H40N2O. The average Bonchev–Trinajstić information content (AvgIpc) is 3.91. The van der Waals surface area contributed by atoms with E-state index in [0.29, 0.717) is 0 Å². The van der Waals surface area contributed by atoms with Crippen molar-refractivity contribution in [3.05, 3.63) is 243 Å². The fraction of sp³-hybridized carbons (Fsp3) is 0. The average molecular weight is 805 g/mol. The van der Waals surface area contributed by atoms with Crippen LogP contribution < -0.4 is 4.90 Å². The van der Waals surface area contributed by atoms with Gasteiger partial charge in [-0.25, -0.2) is 0 Å². The molecule has 296 valence electrons. The number of hydrogen-bond donors (Lipinski definition) is 0. The van der Waals surface area contributed by atoms with Crippen LogP contribution in [0.1, 0.15) is 0 Å². The molecule has 3 nitrogen and oxygen atoms in total. The molecule has 0 aliphatic rings. The van der Waals surface area contributed by atoms with Crippen LogP contribution in [0, 0.1) is 0 Å². The van der Waals surface area contributed by atoms with Gasteiger partial charge in [0.1, 0.15) is 11.2 Å². The van der Waals surface area contributed by atoms with E-state index < -0.39 is 0 Å². The molecule has 0 atom stereocenters. The second-order valence-corrected chi connectivity index (χ2v) is 16.1. The van der Waals surface area contributed by atoms with Crippen molar-refractivity contribution in [2.75, 3.05) is 4.90 Å². The summed E-state index contributed by atoms with van der Waals surface area (Å²) in [7, 11) is 0. The first-order valence-corrected chi connectivity index (χ1v) is 21.5. The molecule has 0 saturated carbocycles. The number of furan rings is 1. The normalized spacial score (nSPS) is 11.5. The second kappa shape index (κ2) is 15.3. The van der Waals surface area contributed by atoms with Crippen LogP contribution in [-0.4, -0.2) is 4.57 Å². The monoisotopic (exact) mass is 804 g/mol. The van der Waals surface area contributed by atoms with E-state index in [1.165, 1.54) is 16.3 Å². The molecule has 0 aliphatic carbocycles. The summed E-state index contributed by atoms with van der Waals surface area (Å²) in [6.45, 7) is 0. The van der Waals surface area contributed by atoms with Gasteiger partial charge in [0, 0.05) is 49.7 Å². The van der Waals surface area contributed by atoms with Crippen LogP contribution in [0.5, 0.6) is 0 Å². The van der Waals surface area contributed by atoms with Gasteiger partial charge in [-0.15, -0.1) is 0 Å². The van der Waals surface area contributed by atoms with Crippen molar-refractivity contribution in [3.63, 3.8) is 0 Å². The molecule has 0 saturated heterocycles. The zero-order valence-corrected chi connectivity index (χ0v) is 34.4. The summed E-state index contributed by atoms with van der Waals surface area (Å²) in [6.07, 6.45) is 0. The lowest BCUT2D eigenvalue weighted by Gasteiger charge is -2.30. The Balaban J connectivity index is 1.16. The highest BCUT2D eigenvalue weighted by molar-refractivity contribution is 6.12. The summed E-state index contributed by atoms with van der Waals surface area (Å²) in [5.41, 5.74) is 17.4. The first-order valence-electron chi connectivity index (χ1n) is 21.5. The largest absolute Gasteiger partial charge is 0.455 e. The third kappa shape index (κ3) is 6.29. The lowest BCUT2D eigenvalue weighted by Crippen LogP contribution is -2.12. The highest BCUT2D eigenvalue weighted by Crippen LogP contribution is 2.48.